The first-order valence-corrected chi connectivity index (χ1v) is 10.3. The number of aryl methyl sites for hydroxylation is 1. The summed E-state index contributed by atoms with van der Waals surface area (Å²) in [6.45, 7) is 6.36. The number of fused-ring (bicyclic) bond motifs is 1. The molecule has 0 spiro atoms. The standard InChI is InChI=1S/C22H26N8/c1-4-8-30(9-5-2)18-11-22(28-24-14-18)27-21-7-6-19-20(26-21)10-16(12-23-19)17-13-25-29(3)15-17/h6-7,10-15H,4-5,8-9H2,1-3H3,(H,26,27,28). The molecule has 0 aliphatic heterocycles. The van der Waals surface area contributed by atoms with Gasteiger partial charge in [0.25, 0.3) is 0 Å². The van der Waals surface area contributed by atoms with E-state index in [-0.39, 0.29) is 0 Å². The summed E-state index contributed by atoms with van der Waals surface area (Å²) < 4.78 is 1.77. The number of hydrogen-bond acceptors (Lipinski definition) is 7. The van der Waals surface area contributed by atoms with E-state index in [1.807, 2.05) is 56.1 Å². The van der Waals surface area contributed by atoms with Crippen molar-refractivity contribution in [2.24, 2.45) is 7.05 Å². The van der Waals surface area contributed by atoms with Crippen molar-refractivity contribution < 1.29 is 0 Å². The van der Waals surface area contributed by atoms with Gasteiger partial charge in [-0.25, -0.2) is 4.98 Å². The third kappa shape index (κ3) is 4.37. The van der Waals surface area contributed by atoms with Gasteiger partial charge in [0, 0.05) is 49.7 Å². The lowest BCUT2D eigenvalue weighted by atomic mass is 10.1. The molecule has 0 aromatic carbocycles. The summed E-state index contributed by atoms with van der Waals surface area (Å²) in [5.74, 6) is 1.38. The average molecular weight is 403 g/mol. The summed E-state index contributed by atoms with van der Waals surface area (Å²) in [6, 6.07) is 7.91. The second-order valence-electron chi connectivity index (χ2n) is 7.27. The van der Waals surface area contributed by atoms with Crippen LogP contribution in [0, 0.1) is 0 Å². The van der Waals surface area contributed by atoms with Crippen molar-refractivity contribution in [3.63, 3.8) is 0 Å². The maximum absolute atomic E-state index is 4.73. The number of hydrogen-bond donors (Lipinski definition) is 1. The summed E-state index contributed by atoms with van der Waals surface area (Å²) in [6.07, 6.45) is 9.62. The molecule has 4 heterocycles. The maximum atomic E-state index is 4.73. The van der Waals surface area contributed by atoms with Gasteiger partial charge in [0.2, 0.25) is 0 Å². The third-order valence-electron chi connectivity index (χ3n) is 4.82. The zero-order chi connectivity index (χ0) is 20.9. The normalized spacial score (nSPS) is 11.0. The van der Waals surface area contributed by atoms with Gasteiger partial charge >= 0.3 is 0 Å². The molecule has 8 nitrogen and oxygen atoms in total. The molecule has 0 fully saturated rings. The monoisotopic (exact) mass is 402 g/mol. The van der Waals surface area contributed by atoms with Crippen molar-refractivity contribution in [1.82, 2.24) is 29.9 Å². The Kier molecular flexibility index (Phi) is 5.83. The Balaban J connectivity index is 1.60. The van der Waals surface area contributed by atoms with Crippen molar-refractivity contribution in [1.29, 1.82) is 0 Å². The van der Waals surface area contributed by atoms with E-state index < -0.39 is 0 Å². The van der Waals surface area contributed by atoms with Gasteiger partial charge in [0.1, 0.15) is 5.82 Å². The number of nitrogens with zero attached hydrogens (tertiary/aromatic N) is 7. The molecule has 0 aliphatic rings. The zero-order valence-electron chi connectivity index (χ0n) is 17.6. The molecule has 154 valence electrons. The van der Waals surface area contributed by atoms with E-state index in [2.05, 4.69) is 44.3 Å². The summed E-state index contributed by atoms with van der Waals surface area (Å²) >= 11 is 0. The highest BCUT2D eigenvalue weighted by Crippen LogP contribution is 2.24. The molecule has 0 saturated heterocycles. The lowest BCUT2D eigenvalue weighted by Gasteiger charge is -2.23. The molecule has 0 radical (unpaired) electrons. The minimum Gasteiger partial charge on any atom is -0.370 e. The topological polar surface area (TPSA) is 84.7 Å². The van der Waals surface area contributed by atoms with Crippen LogP contribution in [0.1, 0.15) is 26.7 Å². The van der Waals surface area contributed by atoms with Crippen LogP contribution in [-0.4, -0.2) is 43.0 Å². The highest BCUT2D eigenvalue weighted by molar-refractivity contribution is 5.81. The molecular formula is C22H26N8. The van der Waals surface area contributed by atoms with E-state index >= 15 is 0 Å². The van der Waals surface area contributed by atoms with Crippen LogP contribution in [0.15, 0.2) is 49.1 Å². The highest BCUT2D eigenvalue weighted by atomic mass is 15.2. The van der Waals surface area contributed by atoms with Crippen LogP contribution < -0.4 is 10.2 Å². The Bertz CT molecular complexity index is 1130. The lowest BCUT2D eigenvalue weighted by molar-refractivity contribution is 0.741. The first kappa shape index (κ1) is 19.8. The molecule has 8 heteroatoms. The van der Waals surface area contributed by atoms with Gasteiger partial charge in [-0.05, 0) is 31.0 Å². The van der Waals surface area contributed by atoms with Gasteiger partial charge < -0.3 is 10.2 Å². The van der Waals surface area contributed by atoms with E-state index in [0.717, 1.165) is 53.8 Å². The van der Waals surface area contributed by atoms with Crippen molar-refractivity contribution in [2.75, 3.05) is 23.3 Å². The van der Waals surface area contributed by atoms with Crippen molar-refractivity contribution in [3.05, 3.63) is 49.1 Å². The maximum Gasteiger partial charge on any atom is 0.156 e. The van der Waals surface area contributed by atoms with Gasteiger partial charge in [-0.15, -0.1) is 5.10 Å². The first-order chi connectivity index (χ1) is 14.7. The van der Waals surface area contributed by atoms with Crippen LogP contribution >= 0.6 is 0 Å². The third-order valence-corrected chi connectivity index (χ3v) is 4.82. The summed E-state index contributed by atoms with van der Waals surface area (Å²) in [4.78, 5) is 11.6. The molecule has 4 aromatic rings. The Morgan fingerprint density at radius 1 is 0.933 bits per heavy atom. The van der Waals surface area contributed by atoms with Gasteiger partial charge in [0.15, 0.2) is 5.82 Å². The van der Waals surface area contributed by atoms with Gasteiger partial charge in [-0.3, -0.25) is 9.67 Å². The average Bonchev–Trinajstić information content (AvgIpc) is 3.19. The zero-order valence-corrected chi connectivity index (χ0v) is 17.6. The fourth-order valence-corrected chi connectivity index (χ4v) is 3.44. The molecule has 0 unspecified atom stereocenters. The molecule has 1 N–H and O–H groups in total. The summed E-state index contributed by atoms with van der Waals surface area (Å²) in [5, 5.41) is 15.9. The number of aromatic nitrogens is 6. The Labute approximate surface area is 176 Å². The second-order valence-corrected chi connectivity index (χ2v) is 7.27. The minimum absolute atomic E-state index is 0.674. The molecule has 0 bridgehead atoms. The van der Waals surface area contributed by atoms with E-state index in [9.17, 15) is 0 Å². The number of rotatable bonds is 8. The van der Waals surface area contributed by atoms with Crippen LogP contribution in [-0.2, 0) is 7.05 Å². The Morgan fingerprint density at radius 2 is 1.77 bits per heavy atom. The number of anilines is 3. The van der Waals surface area contributed by atoms with Crippen molar-refractivity contribution >= 4 is 28.4 Å². The first-order valence-electron chi connectivity index (χ1n) is 10.3. The molecule has 4 aromatic heterocycles. The molecule has 0 amide bonds. The van der Waals surface area contributed by atoms with Gasteiger partial charge in [-0.1, -0.05) is 13.8 Å². The largest absolute Gasteiger partial charge is 0.370 e. The Hall–Kier alpha value is -3.55. The fourth-order valence-electron chi connectivity index (χ4n) is 3.44. The number of pyridine rings is 2. The fraction of sp³-hybridized carbons (Fsp3) is 0.318. The summed E-state index contributed by atoms with van der Waals surface area (Å²) in [7, 11) is 1.90. The molecule has 0 saturated carbocycles. The molecular weight excluding hydrogens is 376 g/mol. The molecule has 30 heavy (non-hydrogen) atoms. The predicted octanol–water partition coefficient (Wildman–Crippen LogP) is 4.19. The Morgan fingerprint density at radius 3 is 2.50 bits per heavy atom. The second kappa shape index (κ2) is 8.86. The van der Waals surface area contributed by atoms with Crippen LogP contribution in [0.3, 0.4) is 0 Å². The van der Waals surface area contributed by atoms with Crippen LogP contribution in [0.5, 0.6) is 0 Å². The molecule has 0 aliphatic carbocycles. The van der Waals surface area contributed by atoms with Crippen LogP contribution in [0.2, 0.25) is 0 Å². The van der Waals surface area contributed by atoms with Crippen molar-refractivity contribution in [2.45, 2.75) is 26.7 Å². The highest BCUT2D eigenvalue weighted by Gasteiger charge is 2.09. The quantitative estimate of drug-likeness (QED) is 0.473. The predicted molar refractivity (Wildman–Crippen MR) is 120 cm³/mol. The smallest absolute Gasteiger partial charge is 0.156 e. The van der Waals surface area contributed by atoms with E-state index in [1.54, 1.807) is 4.68 Å². The van der Waals surface area contributed by atoms with Crippen LogP contribution in [0.4, 0.5) is 17.3 Å². The van der Waals surface area contributed by atoms with E-state index in [4.69, 9.17) is 4.98 Å². The molecule has 0 atom stereocenters. The SMILES string of the molecule is CCCN(CCC)c1cnnc(Nc2ccc3ncc(-c4cnn(C)c4)cc3n2)c1. The molecule has 4 rings (SSSR count). The summed E-state index contributed by atoms with van der Waals surface area (Å²) in [5.41, 5.74) is 4.71. The van der Waals surface area contributed by atoms with Crippen LogP contribution in [0.25, 0.3) is 22.2 Å². The van der Waals surface area contributed by atoms with E-state index in [1.165, 1.54) is 0 Å². The van der Waals surface area contributed by atoms with Gasteiger partial charge in [0.05, 0.1) is 29.1 Å². The minimum atomic E-state index is 0.674. The van der Waals surface area contributed by atoms with Crippen molar-refractivity contribution in [3.8, 4) is 11.1 Å². The van der Waals surface area contributed by atoms with E-state index in [0.29, 0.717) is 11.6 Å². The van der Waals surface area contributed by atoms with Gasteiger partial charge in [-0.2, -0.15) is 10.2 Å². The number of nitrogens with one attached hydrogen (secondary N) is 1. The lowest BCUT2D eigenvalue weighted by Crippen LogP contribution is -2.25.